The van der Waals surface area contributed by atoms with Crippen LogP contribution >= 0.6 is 35.2 Å². The number of nitrogens with one attached hydrogen (secondary N) is 2. The number of hydrogen-bond donors (Lipinski definition) is 2. The molecule has 27 heavy (non-hydrogen) atoms. The van der Waals surface area contributed by atoms with Gasteiger partial charge in [-0.1, -0.05) is 11.6 Å². The van der Waals surface area contributed by atoms with Gasteiger partial charge in [-0.25, -0.2) is 4.79 Å². The number of carbonyl (C=O) groups excluding carboxylic acids is 2. The van der Waals surface area contributed by atoms with E-state index in [4.69, 9.17) is 28.6 Å². The fourth-order valence-corrected chi connectivity index (χ4v) is 4.83. The number of esters is 1. The number of amides is 1. The molecule has 0 atom stereocenters. The van der Waals surface area contributed by atoms with Crippen molar-refractivity contribution in [2.75, 3.05) is 11.9 Å². The summed E-state index contributed by atoms with van der Waals surface area (Å²) in [6.07, 6.45) is 5.29. The summed E-state index contributed by atoms with van der Waals surface area (Å²) in [4.78, 5) is 26.0. The van der Waals surface area contributed by atoms with Crippen LogP contribution in [0.15, 0.2) is 6.20 Å². The lowest BCUT2D eigenvalue weighted by atomic mass is 9.95. The van der Waals surface area contributed by atoms with Crippen LogP contribution in [0, 0.1) is 0 Å². The topological polar surface area (TPSA) is 85.2 Å². The first-order chi connectivity index (χ1) is 12.9. The smallest absolute Gasteiger partial charge is 0.341 e. The second kappa shape index (κ2) is 8.37. The number of thiocarbonyl (C=S) groups is 1. The molecule has 1 aliphatic carbocycles. The zero-order valence-electron chi connectivity index (χ0n) is 14.9. The number of halogens is 1. The lowest BCUT2D eigenvalue weighted by Gasteiger charge is -2.13. The molecule has 0 bridgehead atoms. The van der Waals surface area contributed by atoms with Crippen molar-refractivity contribution >= 4 is 57.1 Å². The number of hydrogen-bond acceptors (Lipinski definition) is 6. The molecule has 10 heteroatoms. The van der Waals surface area contributed by atoms with E-state index in [0.717, 1.165) is 36.1 Å². The number of carbonyl (C=O) groups is 2. The van der Waals surface area contributed by atoms with Crippen LogP contribution in [0.3, 0.4) is 0 Å². The Kier molecular flexibility index (Phi) is 6.13. The van der Waals surface area contributed by atoms with E-state index in [1.54, 1.807) is 14.0 Å². The maximum absolute atomic E-state index is 12.5. The summed E-state index contributed by atoms with van der Waals surface area (Å²) in [7, 11) is 1.61. The third kappa shape index (κ3) is 4.15. The van der Waals surface area contributed by atoms with Gasteiger partial charge < -0.3 is 10.1 Å². The minimum Gasteiger partial charge on any atom is -0.462 e. The monoisotopic (exact) mass is 426 g/mol. The molecule has 0 unspecified atom stereocenters. The maximum Gasteiger partial charge on any atom is 0.341 e. The number of aromatic nitrogens is 2. The summed E-state index contributed by atoms with van der Waals surface area (Å²) in [5.74, 6) is -0.847. The molecule has 2 aromatic heterocycles. The Bertz CT molecular complexity index is 887. The number of rotatable bonds is 4. The van der Waals surface area contributed by atoms with Crippen molar-refractivity contribution in [3.8, 4) is 0 Å². The molecule has 0 fully saturated rings. The molecular weight excluding hydrogens is 408 g/mol. The maximum atomic E-state index is 12.5. The third-order valence-corrected chi connectivity index (χ3v) is 5.90. The van der Waals surface area contributed by atoms with E-state index in [1.807, 2.05) is 0 Å². The number of thiophene rings is 1. The van der Waals surface area contributed by atoms with E-state index in [2.05, 4.69) is 15.7 Å². The number of ether oxygens (including phenoxy) is 1. The molecular formula is C17H19ClN4O3S2. The SMILES string of the molecule is CCOC(=O)c1c(NC(=S)NC(=O)c2c(Cl)cnn2C)sc2c1CCCC2. The molecule has 2 aromatic rings. The molecule has 0 spiro atoms. The highest BCUT2D eigenvalue weighted by atomic mass is 35.5. The first-order valence-electron chi connectivity index (χ1n) is 8.53. The Balaban J connectivity index is 1.80. The predicted molar refractivity (Wildman–Crippen MR) is 109 cm³/mol. The highest BCUT2D eigenvalue weighted by Gasteiger charge is 2.27. The molecule has 0 saturated carbocycles. The Morgan fingerprint density at radius 1 is 1.41 bits per heavy atom. The van der Waals surface area contributed by atoms with E-state index in [1.165, 1.54) is 22.2 Å². The van der Waals surface area contributed by atoms with E-state index >= 15 is 0 Å². The highest BCUT2D eigenvalue weighted by molar-refractivity contribution is 7.80. The molecule has 0 saturated heterocycles. The largest absolute Gasteiger partial charge is 0.462 e. The van der Waals surface area contributed by atoms with E-state index in [-0.39, 0.29) is 21.8 Å². The second-order valence-corrected chi connectivity index (χ2v) is 7.93. The molecule has 144 valence electrons. The van der Waals surface area contributed by atoms with Crippen molar-refractivity contribution < 1.29 is 14.3 Å². The quantitative estimate of drug-likeness (QED) is 0.576. The van der Waals surface area contributed by atoms with Crippen molar-refractivity contribution in [1.82, 2.24) is 15.1 Å². The van der Waals surface area contributed by atoms with Crippen LogP contribution in [0.5, 0.6) is 0 Å². The Morgan fingerprint density at radius 2 is 2.15 bits per heavy atom. The minimum atomic E-state index is -0.475. The van der Waals surface area contributed by atoms with Crippen LogP contribution in [0.1, 0.15) is 51.1 Å². The van der Waals surface area contributed by atoms with Crippen LogP contribution in [0.2, 0.25) is 5.02 Å². The first kappa shape index (κ1) is 19.8. The molecule has 2 heterocycles. The van der Waals surface area contributed by atoms with Gasteiger partial charge in [-0.2, -0.15) is 5.10 Å². The van der Waals surface area contributed by atoms with E-state index in [9.17, 15) is 9.59 Å². The van der Waals surface area contributed by atoms with Crippen molar-refractivity contribution in [3.05, 3.63) is 32.9 Å². The van der Waals surface area contributed by atoms with Crippen LogP contribution in [0.4, 0.5) is 5.00 Å². The number of aryl methyl sites for hydroxylation is 2. The van der Waals surface area contributed by atoms with E-state index < -0.39 is 5.91 Å². The minimum absolute atomic E-state index is 0.0846. The Hall–Kier alpha value is -1.97. The molecule has 0 radical (unpaired) electrons. The molecule has 0 aromatic carbocycles. The van der Waals surface area contributed by atoms with Gasteiger partial charge in [0.1, 0.15) is 10.7 Å². The number of anilines is 1. The second-order valence-electron chi connectivity index (χ2n) is 6.01. The standard InChI is InChI=1S/C17H19ClN4O3S2/c1-3-25-16(24)12-9-6-4-5-7-11(9)27-15(12)21-17(26)20-14(23)13-10(18)8-19-22(13)2/h8H,3-7H2,1-2H3,(H2,20,21,23,26). The van der Waals surface area contributed by atoms with Crippen LogP contribution < -0.4 is 10.6 Å². The molecule has 0 aliphatic heterocycles. The van der Waals surface area contributed by atoms with Gasteiger partial charge in [0.2, 0.25) is 0 Å². The van der Waals surface area contributed by atoms with Gasteiger partial charge in [-0.3, -0.25) is 14.8 Å². The van der Waals surface area contributed by atoms with Crippen molar-refractivity contribution in [1.29, 1.82) is 0 Å². The van der Waals surface area contributed by atoms with Crippen LogP contribution in [-0.2, 0) is 24.6 Å². The molecule has 1 aliphatic rings. The summed E-state index contributed by atoms with van der Waals surface area (Å²) in [6.45, 7) is 2.06. The fourth-order valence-electron chi connectivity index (χ4n) is 3.04. The van der Waals surface area contributed by atoms with Gasteiger partial charge in [-0.05, 0) is 50.4 Å². The van der Waals surface area contributed by atoms with Gasteiger partial charge in [0.15, 0.2) is 5.11 Å². The van der Waals surface area contributed by atoms with Gasteiger partial charge in [0.25, 0.3) is 5.91 Å². The van der Waals surface area contributed by atoms with Gasteiger partial charge in [-0.15, -0.1) is 11.3 Å². The van der Waals surface area contributed by atoms with Gasteiger partial charge in [0, 0.05) is 11.9 Å². The Morgan fingerprint density at radius 3 is 2.81 bits per heavy atom. The first-order valence-corrected chi connectivity index (χ1v) is 10.1. The summed E-state index contributed by atoms with van der Waals surface area (Å²) < 4.78 is 6.58. The Labute approximate surface area is 171 Å². The summed E-state index contributed by atoms with van der Waals surface area (Å²) in [6, 6.07) is 0. The molecule has 7 nitrogen and oxygen atoms in total. The highest BCUT2D eigenvalue weighted by Crippen LogP contribution is 2.38. The summed E-state index contributed by atoms with van der Waals surface area (Å²) in [5, 5.41) is 10.4. The van der Waals surface area contributed by atoms with Crippen molar-refractivity contribution in [3.63, 3.8) is 0 Å². The zero-order valence-corrected chi connectivity index (χ0v) is 17.3. The average molecular weight is 427 g/mol. The van der Waals surface area contributed by atoms with Crippen LogP contribution in [0.25, 0.3) is 0 Å². The average Bonchev–Trinajstić information content (AvgIpc) is 3.14. The normalized spacial score (nSPS) is 13.0. The van der Waals surface area contributed by atoms with Crippen LogP contribution in [-0.4, -0.2) is 33.4 Å². The molecule has 1 amide bonds. The third-order valence-electron chi connectivity index (χ3n) is 4.21. The lowest BCUT2D eigenvalue weighted by Crippen LogP contribution is -2.35. The van der Waals surface area contributed by atoms with Crippen molar-refractivity contribution in [2.45, 2.75) is 32.6 Å². The lowest BCUT2D eigenvalue weighted by molar-refractivity contribution is 0.0526. The number of nitrogens with zero attached hydrogens (tertiary/aromatic N) is 2. The fraction of sp³-hybridized carbons (Fsp3) is 0.412. The zero-order chi connectivity index (χ0) is 19.6. The van der Waals surface area contributed by atoms with E-state index in [0.29, 0.717) is 17.2 Å². The summed E-state index contributed by atoms with van der Waals surface area (Å²) in [5.41, 5.74) is 1.75. The van der Waals surface area contributed by atoms with Gasteiger partial charge >= 0.3 is 5.97 Å². The van der Waals surface area contributed by atoms with Crippen molar-refractivity contribution in [2.24, 2.45) is 7.05 Å². The van der Waals surface area contributed by atoms with Gasteiger partial charge in [0.05, 0.1) is 23.4 Å². The molecule has 3 rings (SSSR count). The summed E-state index contributed by atoms with van der Waals surface area (Å²) >= 11 is 12.7. The molecule has 2 N–H and O–H groups in total. The predicted octanol–water partition coefficient (Wildman–Crippen LogP) is 3.32. The number of fused-ring (bicyclic) bond motifs is 1.